The minimum Gasteiger partial charge on any atom is -0.478 e. The average molecular weight is 428 g/mol. The number of carbonyl (C=O) groups is 1. The number of amides is 1. The van der Waals surface area contributed by atoms with Gasteiger partial charge in [-0.15, -0.1) is 0 Å². The van der Waals surface area contributed by atoms with Gasteiger partial charge >= 0.3 is 0 Å². The van der Waals surface area contributed by atoms with Gasteiger partial charge in [0.15, 0.2) is 11.5 Å². The van der Waals surface area contributed by atoms with Crippen molar-refractivity contribution in [2.45, 2.75) is 12.1 Å². The molecule has 0 N–H and O–H groups in total. The van der Waals surface area contributed by atoms with Gasteiger partial charge in [-0.2, -0.15) is 0 Å². The maximum atomic E-state index is 13.0. The molecule has 5 rings (SSSR count). The van der Waals surface area contributed by atoms with Gasteiger partial charge in [0.25, 0.3) is 5.91 Å². The molecule has 1 fully saturated rings. The van der Waals surface area contributed by atoms with Crippen molar-refractivity contribution in [3.05, 3.63) is 82.3 Å². The third kappa shape index (κ3) is 3.26. The van der Waals surface area contributed by atoms with Crippen LogP contribution in [-0.4, -0.2) is 18.8 Å². The van der Waals surface area contributed by atoms with Crippen molar-refractivity contribution in [2.75, 3.05) is 11.7 Å². The Bertz CT molecular complexity index is 1090. The molecule has 5 nitrogen and oxygen atoms in total. The van der Waals surface area contributed by atoms with E-state index in [2.05, 4.69) is 0 Å². The summed E-state index contributed by atoms with van der Waals surface area (Å²) in [5, 5.41) is 1.16. The van der Waals surface area contributed by atoms with Crippen molar-refractivity contribution in [1.82, 2.24) is 0 Å². The lowest BCUT2D eigenvalue weighted by atomic mass is 9.89. The van der Waals surface area contributed by atoms with E-state index in [1.807, 2.05) is 30.3 Å². The van der Waals surface area contributed by atoms with Crippen LogP contribution in [0.4, 0.5) is 5.69 Å². The second-order valence-corrected chi connectivity index (χ2v) is 7.61. The van der Waals surface area contributed by atoms with Crippen LogP contribution in [0.5, 0.6) is 17.2 Å². The molecular formula is C22H15Cl2NO4. The number of ether oxygens (including phenoxy) is 3. The van der Waals surface area contributed by atoms with Crippen LogP contribution < -0.4 is 19.1 Å². The second-order valence-electron chi connectivity index (χ2n) is 6.74. The lowest BCUT2D eigenvalue weighted by molar-refractivity contribution is -0.135. The Morgan fingerprint density at radius 3 is 2.48 bits per heavy atom. The molecule has 2 aliphatic heterocycles. The Kier molecular flexibility index (Phi) is 4.49. The second kappa shape index (κ2) is 7.17. The Morgan fingerprint density at radius 1 is 0.897 bits per heavy atom. The molecular weight excluding hydrogens is 413 g/mol. The highest BCUT2D eigenvalue weighted by Gasteiger charge is 2.51. The Morgan fingerprint density at radius 2 is 1.69 bits per heavy atom. The first-order valence-corrected chi connectivity index (χ1v) is 9.76. The quantitative estimate of drug-likeness (QED) is 0.532. The van der Waals surface area contributed by atoms with Crippen LogP contribution >= 0.6 is 23.2 Å². The van der Waals surface area contributed by atoms with Gasteiger partial charge in [-0.05, 0) is 60.2 Å². The first-order chi connectivity index (χ1) is 14.1. The van der Waals surface area contributed by atoms with Crippen LogP contribution in [0.3, 0.4) is 0 Å². The molecule has 0 bridgehead atoms. The number of carbonyl (C=O) groups excluding carboxylic acids is 1. The van der Waals surface area contributed by atoms with Crippen molar-refractivity contribution >= 4 is 34.8 Å². The van der Waals surface area contributed by atoms with Crippen LogP contribution in [0.2, 0.25) is 10.0 Å². The summed E-state index contributed by atoms with van der Waals surface area (Å²) in [5.41, 5.74) is 1.59. The molecule has 2 heterocycles. The van der Waals surface area contributed by atoms with Crippen molar-refractivity contribution in [3.8, 4) is 17.2 Å². The Balaban J connectivity index is 1.52. The maximum Gasteiger partial charge on any atom is 0.271 e. The number of hydrogen-bond acceptors (Lipinski definition) is 4. The Hall–Kier alpha value is -2.89. The van der Waals surface area contributed by atoms with E-state index in [4.69, 9.17) is 37.4 Å². The fourth-order valence-corrected chi connectivity index (χ4v) is 3.88. The van der Waals surface area contributed by atoms with E-state index < -0.39 is 6.10 Å². The summed E-state index contributed by atoms with van der Waals surface area (Å²) in [7, 11) is 0. The molecule has 146 valence electrons. The predicted octanol–water partition coefficient (Wildman–Crippen LogP) is 5.26. The molecule has 0 saturated carbocycles. The zero-order valence-corrected chi connectivity index (χ0v) is 16.6. The molecule has 0 spiro atoms. The molecule has 29 heavy (non-hydrogen) atoms. The van der Waals surface area contributed by atoms with Crippen LogP contribution in [-0.2, 0) is 4.79 Å². The Labute approximate surface area is 177 Å². The van der Waals surface area contributed by atoms with E-state index in [0.717, 1.165) is 5.56 Å². The molecule has 0 aliphatic carbocycles. The molecule has 2 atom stereocenters. The zero-order valence-electron chi connectivity index (χ0n) is 15.0. The minimum atomic E-state index is -0.685. The molecule has 1 amide bonds. The van der Waals surface area contributed by atoms with E-state index in [-0.39, 0.29) is 18.7 Å². The zero-order chi connectivity index (χ0) is 20.0. The number of anilines is 1. The van der Waals surface area contributed by atoms with Gasteiger partial charge in [0.2, 0.25) is 12.9 Å². The molecule has 2 unspecified atom stereocenters. The summed E-state index contributed by atoms with van der Waals surface area (Å²) in [4.78, 5) is 14.7. The lowest BCUT2D eigenvalue weighted by Crippen LogP contribution is -2.61. The van der Waals surface area contributed by atoms with Crippen LogP contribution in [0.15, 0.2) is 66.7 Å². The number of benzene rings is 3. The van der Waals surface area contributed by atoms with E-state index in [1.165, 1.54) is 0 Å². The molecule has 3 aromatic carbocycles. The average Bonchev–Trinajstić information content (AvgIpc) is 3.19. The summed E-state index contributed by atoms with van der Waals surface area (Å²) in [5.74, 6) is 1.76. The first-order valence-electron chi connectivity index (χ1n) is 9.00. The van der Waals surface area contributed by atoms with Gasteiger partial charge < -0.3 is 14.2 Å². The normalized spacial score (nSPS) is 19.8. The third-order valence-corrected chi connectivity index (χ3v) is 5.43. The molecule has 0 radical (unpaired) electrons. The smallest absolute Gasteiger partial charge is 0.271 e. The van der Waals surface area contributed by atoms with Gasteiger partial charge in [-0.1, -0.05) is 35.3 Å². The van der Waals surface area contributed by atoms with Crippen molar-refractivity contribution in [2.24, 2.45) is 0 Å². The van der Waals surface area contributed by atoms with E-state index in [9.17, 15) is 4.79 Å². The summed E-state index contributed by atoms with van der Waals surface area (Å²) < 4.78 is 16.9. The van der Waals surface area contributed by atoms with Crippen LogP contribution in [0.25, 0.3) is 0 Å². The minimum absolute atomic E-state index is 0.148. The largest absolute Gasteiger partial charge is 0.478 e. The molecule has 3 aromatic rings. The van der Waals surface area contributed by atoms with Crippen molar-refractivity contribution in [1.29, 1.82) is 0 Å². The summed E-state index contributed by atoms with van der Waals surface area (Å²) in [6.07, 6.45) is -0.685. The van der Waals surface area contributed by atoms with Gasteiger partial charge in [0, 0.05) is 15.7 Å². The predicted molar refractivity (Wildman–Crippen MR) is 110 cm³/mol. The molecule has 7 heteroatoms. The fourth-order valence-electron chi connectivity index (χ4n) is 3.57. The number of β-lactam (4-membered cyclic amide) rings is 1. The lowest BCUT2D eigenvalue weighted by Gasteiger charge is -2.46. The molecule has 1 saturated heterocycles. The van der Waals surface area contributed by atoms with E-state index in [0.29, 0.717) is 33.0 Å². The number of hydrogen-bond donors (Lipinski definition) is 0. The first kappa shape index (κ1) is 18.2. The van der Waals surface area contributed by atoms with E-state index >= 15 is 0 Å². The SMILES string of the molecule is O=C1C(Oc2ccc(Cl)cc2)C(c2ccc3c(c2)OCO3)N1c1cccc(Cl)c1. The summed E-state index contributed by atoms with van der Waals surface area (Å²) >= 11 is 12.1. The topological polar surface area (TPSA) is 48.0 Å². The molecule has 2 aliphatic rings. The van der Waals surface area contributed by atoms with Crippen molar-refractivity contribution < 1.29 is 19.0 Å². The van der Waals surface area contributed by atoms with Gasteiger partial charge in [-0.25, -0.2) is 0 Å². The highest BCUT2D eigenvalue weighted by Crippen LogP contribution is 2.44. The van der Waals surface area contributed by atoms with Gasteiger partial charge in [0.05, 0.1) is 0 Å². The number of rotatable bonds is 4. The fraction of sp³-hybridized carbons (Fsp3) is 0.136. The van der Waals surface area contributed by atoms with Gasteiger partial charge in [-0.3, -0.25) is 9.69 Å². The summed E-state index contributed by atoms with van der Waals surface area (Å²) in [6.45, 7) is 0.186. The number of nitrogens with zero attached hydrogens (tertiary/aromatic N) is 1. The number of halogens is 2. The monoisotopic (exact) mass is 427 g/mol. The van der Waals surface area contributed by atoms with Crippen LogP contribution in [0, 0.1) is 0 Å². The van der Waals surface area contributed by atoms with E-state index in [1.54, 1.807) is 41.3 Å². The maximum absolute atomic E-state index is 13.0. The highest BCUT2D eigenvalue weighted by molar-refractivity contribution is 6.31. The van der Waals surface area contributed by atoms with Crippen LogP contribution in [0.1, 0.15) is 11.6 Å². The van der Waals surface area contributed by atoms with Crippen molar-refractivity contribution in [3.63, 3.8) is 0 Å². The highest BCUT2D eigenvalue weighted by atomic mass is 35.5. The third-order valence-electron chi connectivity index (χ3n) is 4.95. The number of fused-ring (bicyclic) bond motifs is 1. The summed E-state index contributed by atoms with van der Waals surface area (Å²) in [6, 6.07) is 19.4. The van der Waals surface area contributed by atoms with Gasteiger partial charge in [0.1, 0.15) is 11.8 Å². The standard InChI is InChI=1S/C22H15Cl2NO4/c23-14-5-7-17(8-6-14)29-21-20(13-4-9-18-19(10-13)28-12-27-18)25(22(21)26)16-3-1-2-15(24)11-16/h1-11,20-21H,12H2. The molecule has 0 aromatic heterocycles.